The van der Waals surface area contributed by atoms with E-state index in [-0.39, 0.29) is 18.9 Å². The molecule has 0 aliphatic carbocycles. The molecule has 0 N–H and O–H groups in total. The maximum atomic E-state index is 12.9. The van der Waals surface area contributed by atoms with Crippen LogP contribution in [0.15, 0.2) is 24.4 Å². The summed E-state index contributed by atoms with van der Waals surface area (Å²) in [6.45, 7) is 4.42. The number of carbonyl (C=O) groups is 2. The summed E-state index contributed by atoms with van der Waals surface area (Å²) in [5.41, 5.74) is 0. The molecule has 3 aliphatic heterocycles. The zero-order valence-corrected chi connectivity index (χ0v) is 18.1. The number of rotatable bonds is 5. The Kier molecular flexibility index (Phi) is 6.88. The number of piperidine rings is 1. The van der Waals surface area contributed by atoms with Crippen LogP contribution >= 0.6 is 0 Å². The van der Waals surface area contributed by atoms with Gasteiger partial charge < -0.3 is 14.7 Å². The number of hydrogen-bond donors (Lipinski definition) is 0. The van der Waals surface area contributed by atoms with Crippen LogP contribution in [0, 0.1) is 11.8 Å². The van der Waals surface area contributed by atoms with Crippen molar-refractivity contribution in [2.45, 2.75) is 25.4 Å². The van der Waals surface area contributed by atoms with E-state index in [1.807, 2.05) is 18.2 Å². The number of aromatic nitrogens is 1. The van der Waals surface area contributed by atoms with E-state index in [2.05, 4.69) is 14.8 Å². The summed E-state index contributed by atoms with van der Waals surface area (Å²) in [6, 6.07) is 5.91. The largest absolute Gasteiger partial charge is 0.406 e. The molecule has 3 saturated heterocycles. The Balaban J connectivity index is 1.25. The van der Waals surface area contributed by atoms with Crippen LogP contribution in [0.1, 0.15) is 19.3 Å². The first-order chi connectivity index (χ1) is 15.3. The molecule has 4 rings (SSSR count). The van der Waals surface area contributed by atoms with Gasteiger partial charge in [-0.2, -0.15) is 13.2 Å². The van der Waals surface area contributed by atoms with Crippen molar-refractivity contribution in [3.8, 4) is 0 Å². The number of amides is 2. The van der Waals surface area contributed by atoms with Crippen LogP contribution < -0.4 is 4.90 Å². The van der Waals surface area contributed by atoms with Crippen LogP contribution in [-0.2, 0) is 9.59 Å². The van der Waals surface area contributed by atoms with Crippen molar-refractivity contribution in [3.63, 3.8) is 0 Å². The number of carbonyl (C=O) groups excluding carboxylic acids is 2. The number of pyridine rings is 1. The number of alkyl halides is 3. The quantitative estimate of drug-likeness (QED) is 0.681. The van der Waals surface area contributed by atoms with Gasteiger partial charge in [-0.15, -0.1) is 0 Å². The van der Waals surface area contributed by atoms with Crippen molar-refractivity contribution >= 4 is 17.6 Å². The van der Waals surface area contributed by atoms with Crippen molar-refractivity contribution in [2.24, 2.45) is 11.8 Å². The molecule has 2 atom stereocenters. The molecule has 3 fully saturated rings. The number of nitrogens with zero attached hydrogens (tertiary/aromatic N) is 5. The fourth-order valence-corrected chi connectivity index (χ4v) is 5.04. The highest BCUT2D eigenvalue weighted by molar-refractivity contribution is 5.89. The van der Waals surface area contributed by atoms with Gasteiger partial charge in [0, 0.05) is 65.0 Å². The Morgan fingerprint density at radius 3 is 2.56 bits per heavy atom. The topological polar surface area (TPSA) is 60.0 Å². The first-order valence-corrected chi connectivity index (χ1v) is 11.3. The molecule has 1 aromatic rings. The molecule has 0 radical (unpaired) electrons. The minimum Gasteiger partial charge on any atom is -0.354 e. The zero-order chi connectivity index (χ0) is 22.7. The van der Waals surface area contributed by atoms with Gasteiger partial charge in [0.2, 0.25) is 11.8 Å². The Bertz CT molecular complexity index is 799. The first-order valence-electron chi connectivity index (χ1n) is 11.3. The molecule has 10 heteroatoms. The summed E-state index contributed by atoms with van der Waals surface area (Å²) in [6.07, 6.45) is -0.836. The summed E-state index contributed by atoms with van der Waals surface area (Å²) in [4.78, 5) is 36.5. The third-order valence-electron chi connectivity index (χ3n) is 6.63. The monoisotopic (exact) mass is 453 g/mol. The second-order valence-corrected chi connectivity index (χ2v) is 9.06. The van der Waals surface area contributed by atoms with Gasteiger partial charge in [0.1, 0.15) is 12.4 Å². The summed E-state index contributed by atoms with van der Waals surface area (Å²) in [5, 5.41) is 0. The predicted octanol–water partition coefficient (Wildman–Crippen LogP) is 1.85. The number of anilines is 1. The van der Waals surface area contributed by atoms with E-state index in [0.717, 1.165) is 56.3 Å². The van der Waals surface area contributed by atoms with E-state index in [1.165, 1.54) is 0 Å². The van der Waals surface area contributed by atoms with E-state index in [1.54, 1.807) is 11.1 Å². The van der Waals surface area contributed by atoms with Crippen molar-refractivity contribution in [1.82, 2.24) is 19.7 Å². The van der Waals surface area contributed by atoms with Crippen LogP contribution in [0.25, 0.3) is 0 Å². The average Bonchev–Trinajstić information content (AvgIpc) is 3.13. The predicted molar refractivity (Wildman–Crippen MR) is 113 cm³/mol. The summed E-state index contributed by atoms with van der Waals surface area (Å²) in [5.74, 6) is -0.0806. The molecule has 0 spiro atoms. The van der Waals surface area contributed by atoms with Gasteiger partial charge in [-0.1, -0.05) is 6.07 Å². The molecule has 176 valence electrons. The summed E-state index contributed by atoms with van der Waals surface area (Å²) in [7, 11) is 0. The summed E-state index contributed by atoms with van der Waals surface area (Å²) < 4.78 is 38.0. The molecular weight excluding hydrogens is 423 g/mol. The average molecular weight is 454 g/mol. The third-order valence-corrected chi connectivity index (χ3v) is 6.63. The lowest BCUT2D eigenvalue weighted by Crippen LogP contribution is -2.51. The molecule has 3 aliphatic rings. The zero-order valence-electron chi connectivity index (χ0n) is 18.1. The van der Waals surface area contributed by atoms with Gasteiger partial charge in [0.15, 0.2) is 0 Å². The lowest BCUT2D eigenvalue weighted by atomic mass is 9.95. The van der Waals surface area contributed by atoms with Crippen molar-refractivity contribution < 1.29 is 22.8 Å². The molecule has 2 amide bonds. The van der Waals surface area contributed by atoms with Gasteiger partial charge in [-0.05, 0) is 30.9 Å². The molecule has 0 aromatic carbocycles. The number of likely N-dealkylation sites (tertiary alicyclic amines) is 2. The lowest BCUT2D eigenvalue weighted by Gasteiger charge is -2.40. The van der Waals surface area contributed by atoms with E-state index in [4.69, 9.17) is 0 Å². The molecule has 1 aromatic heterocycles. The van der Waals surface area contributed by atoms with Crippen molar-refractivity contribution in [1.29, 1.82) is 0 Å². The maximum Gasteiger partial charge on any atom is 0.406 e. The third kappa shape index (κ3) is 5.70. The van der Waals surface area contributed by atoms with Gasteiger partial charge >= 0.3 is 6.18 Å². The number of halogens is 3. The lowest BCUT2D eigenvalue weighted by molar-refractivity contribution is -0.157. The number of hydrogen-bond acceptors (Lipinski definition) is 5. The molecule has 2 unspecified atom stereocenters. The number of piperazine rings is 1. The highest BCUT2D eigenvalue weighted by atomic mass is 19.4. The van der Waals surface area contributed by atoms with Crippen LogP contribution in [0.3, 0.4) is 0 Å². The van der Waals surface area contributed by atoms with Gasteiger partial charge in [0.25, 0.3) is 0 Å². The highest BCUT2D eigenvalue weighted by Gasteiger charge is 2.42. The van der Waals surface area contributed by atoms with Crippen LogP contribution in [0.5, 0.6) is 0 Å². The van der Waals surface area contributed by atoms with E-state index in [9.17, 15) is 22.8 Å². The Morgan fingerprint density at radius 1 is 1.09 bits per heavy atom. The van der Waals surface area contributed by atoms with Crippen molar-refractivity contribution in [3.05, 3.63) is 24.4 Å². The van der Waals surface area contributed by atoms with Crippen molar-refractivity contribution in [2.75, 3.05) is 63.8 Å². The summed E-state index contributed by atoms with van der Waals surface area (Å²) >= 11 is 0. The first kappa shape index (κ1) is 22.8. The Morgan fingerprint density at radius 2 is 1.88 bits per heavy atom. The molecular formula is C22H30F3N5O2. The second kappa shape index (κ2) is 9.64. The SMILES string of the molecule is O=C1CC(C(=O)N2CCCC(CN3CCN(c4ccccn4)CC3)C2)CN1CC(F)(F)F. The fourth-order valence-electron chi connectivity index (χ4n) is 5.04. The van der Waals surface area contributed by atoms with Gasteiger partial charge in [-0.3, -0.25) is 14.5 Å². The maximum absolute atomic E-state index is 12.9. The van der Waals surface area contributed by atoms with E-state index in [0.29, 0.717) is 19.0 Å². The van der Waals surface area contributed by atoms with Gasteiger partial charge in [0.05, 0.1) is 5.92 Å². The molecule has 4 heterocycles. The molecule has 7 nitrogen and oxygen atoms in total. The molecule has 32 heavy (non-hydrogen) atoms. The molecule has 0 bridgehead atoms. The minimum absolute atomic E-state index is 0.119. The van der Waals surface area contributed by atoms with Gasteiger partial charge in [-0.25, -0.2) is 4.98 Å². The Labute approximate surface area is 186 Å². The minimum atomic E-state index is -4.44. The van der Waals surface area contributed by atoms with Crippen LogP contribution in [0.4, 0.5) is 19.0 Å². The smallest absolute Gasteiger partial charge is 0.354 e. The van der Waals surface area contributed by atoms with Crippen LogP contribution in [0.2, 0.25) is 0 Å². The highest BCUT2D eigenvalue weighted by Crippen LogP contribution is 2.27. The fraction of sp³-hybridized carbons (Fsp3) is 0.682. The second-order valence-electron chi connectivity index (χ2n) is 9.06. The normalized spacial score (nSPS) is 25.5. The molecule has 0 saturated carbocycles. The van der Waals surface area contributed by atoms with E-state index >= 15 is 0 Å². The van der Waals surface area contributed by atoms with Crippen LogP contribution in [-0.4, -0.2) is 96.6 Å². The Hall–Kier alpha value is -2.36. The van der Waals surface area contributed by atoms with E-state index < -0.39 is 24.5 Å². The standard InChI is InChI=1S/C22H30F3N5O2/c23-22(24,25)16-30-15-18(12-20(30)31)21(32)29-7-3-4-17(14-29)13-27-8-10-28(11-9-27)19-5-1-2-6-26-19/h1-2,5-6,17-18H,3-4,7-16H2.